The zero-order chi connectivity index (χ0) is 13.9. The summed E-state index contributed by atoms with van der Waals surface area (Å²) < 4.78 is 1.58. The number of aryl methyl sites for hydroxylation is 2. The van der Waals surface area contributed by atoms with Crippen LogP contribution in [0.3, 0.4) is 0 Å². The average Bonchev–Trinajstić information content (AvgIpc) is 2.87. The number of fused-ring (bicyclic) bond motifs is 1. The zero-order valence-corrected chi connectivity index (χ0v) is 11.7. The van der Waals surface area contributed by atoms with Crippen molar-refractivity contribution in [2.24, 2.45) is 0 Å². The summed E-state index contributed by atoms with van der Waals surface area (Å²) in [6.07, 6.45) is 3.11. The predicted molar refractivity (Wildman–Crippen MR) is 78.4 cm³/mol. The van der Waals surface area contributed by atoms with Crippen LogP contribution in [-0.2, 0) is 26.1 Å². The lowest BCUT2D eigenvalue weighted by atomic mass is 10.2. The van der Waals surface area contributed by atoms with Gasteiger partial charge in [0.2, 0.25) is 0 Å². The van der Waals surface area contributed by atoms with E-state index in [9.17, 15) is 4.79 Å². The SMILES string of the molecule is CN(Cc1ccccc1)Cn1nc2c(cc1=O)CCC2. The van der Waals surface area contributed by atoms with Gasteiger partial charge in [0.05, 0.1) is 12.4 Å². The molecule has 0 aliphatic heterocycles. The van der Waals surface area contributed by atoms with Gasteiger partial charge in [0.15, 0.2) is 0 Å². The van der Waals surface area contributed by atoms with Crippen LogP contribution in [0, 0.1) is 0 Å². The molecule has 0 saturated carbocycles. The Hall–Kier alpha value is -1.94. The van der Waals surface area contributed by atoms with Crippen molar-refractivity contribution in [1.82, 2.24) is 14.7 Å². The molecule has 4 heteroatoms. The molecule has 4 nitrogen and oxygen atoms in total. The van der Waals surface area contributed by atoms with Gasteiger partial charge in [-0.15, -0.1) is 0 Å². The largest absolute Gasteiger partial charge is 0.283 e. The Kier molecular flexibility index (Phi) is 3.65. The maximum absolute atomic E-state index is 12.0. The van der Waals surface area contributed by atoms with Gasteiger partial charge in [-0.1, -0.05) is 30.3 Å². The summed E-state index contributed by atoms with van der Waals surface area (Å²) in [7, 11) is 2.01. The van der Waals surface area contributed by atoms with Crippen LogP contribution < -0.4 is 5.56 Å². The van der Waals surface area contributed by atoms with E-state index >= 15 is 0 Å². The monoisotopic (exact) mass is 269 g/mol. The van der Waals surface area contributed by atoms with Gasteiger partial charge in [-0.2, -0.15) is 5.10 Å². The van der Waals surface area contributed by atoms with E-state index < -0.39 is 0 Å². The number of hydrogen-bond donors (Lipinski definition) is 0. The molecule has 0 amide bonds. The lowest BCUT2D eigenvalue weighted by Crippen LogP contribution is -2.32. The van der Waals surface area contributed by atoms with Crippen molar-refractivity contribution >= 4 is 0 Å². The first kappa shape index (κ1) is 13.1. The third kappa shape index (κ3) is 2.80. The number of rotatable bonds is 4. The molecule has 0 radical (unpaired) electrons. The van der Waals surface area contributed by atoms with E-state index in [1.54, 1.807) is 10.7 Å². The Morgan fingerprint density at radius 2 is 2.05 bits per heavy atom. The maximum Gasteiger partial charge on any atom is 0.268 e. The Morgan fingerprint density at radius 1 is 1.25 bits per heavy atom. The van der Waals surface area contributed by atoms with Gasteiger partial charge in [0.1, 0.15) is 0 Å². The van der Waals surface area contributed by atoms with E-state index in [0.29, 0.717) is 6.67 Å². The molecule has 0 bridgehead atoms. The van der Waals surface area contributed by atoms with Crippen LogP contribution in [0.1, 0.15) is 23.2 Å². The van der Waals surface area contributed by atoms with Crippen molar-refractivity contribution in [1.29, 1.82) is 0 Å². The summed E-state index contributed by atoms with van der Waals surface area (Å²) in [4.78, 5) is 14.1. The van der Waals surface area contributed by atoms with E-state index in [-0.39, 0.29) is 5.56 Å². The normalized spacial score (nSPS) is 13.7. The molecule has 1 aromatic heterocycles. The van der Waals surface area contributed by atoms with Gasteiger partial charge in [-0.05, 0) is 37.4 Å². The van der Waals surface area contributed by atoms with Gasteiger partial charge in [0, 0.05) is 12.6 Å². The van der Waals surface area contributed by atoms with E-state index in [0.717, 1.165) is 37.1 Å². The fourth-order valence-electron chi connectivity index (χ4n) is 2.71. The highest BCUT2D eigenvalue weighted by atomic mass is 16.1. The first-order chi connectivity index (χ1) is 9.72. The van der Waals surface area contributed by atoms with Gasteiger partial charge in [-0.25, -0.2) is 4.68 Å². The molecule has 1 aliphatic carbocycles. The Labute approximate surface area is 118 Å². The molecule has 0 fully saturated rings. The van der Waals surface area contributed by atoms with Crippen LogP contribution in [0.25, 0.3) is 0 Å². The van der Waals surface area contributed by atoms with Gasteiger partial charge >= 0.3 is 0 Å². The second kappa shape index (κ2) is 5.59. The first-order valence-electron chi connectivity index (χ1n) is 7.05. The summed E-state index contributed by atoms with van der Waals surface area (Å²) in [5.41, 5.74) is 3.48. The van der Waals surface area contributed by atoms with Gasteiger partial charge in [0.25, 0.3) is 5.56 Å². The molecule has 1 aliphatic rings. The molecule has 3 rings (SSSR count). The van der Waals surface area contributed by atoms with E-state index in [1.807, 2.05) is 25.2 Å². The standard InChI is InChI=1S/C16H19N3O/c1-18(11-13-6-3-2-4-7-13)12-19-16(20)10-14-8-5-9-15(14)17-19/h2-4,6-7,10H,5,8-9,11-12H2,1H3. The van der Waals surface area contributed by atoms with Crippen molar-refractivity contribution in [2.45, 2.75) is 32.5 Å². The Bertz CT molecular complexity index is 649. The quantitative estimate of drug-likeness (QED) is 0.850. The van der Waals surface area contributed by atoms with E-state index in [2.05, 4.69) is 22.1 Å². The second-order valence-corrected chi connectivity index (χ2v) is 5.45. The van der Waals surface area contributed by atoms with E-state index in [4.69, 9.17) is 0 Å². The summed E-state index contributed by atoms with van der Waals surface area (Å²) in [5.74, 6) is 0. The highest BCUT2D eigenvalue weighted by Gasteiger charge is 2.15. The molecule has 0 saturated heterocycles. The Morgan fingerprint density at radius 3 is 2.85 bits per heavy atom. The summed E-state index contributed by atoms with van der Waals surface area (Å²) in [6, 6.07) is 12.0. The number of nitrogens with zero attached hydrogens (tertiary/aromatic N) is 3. The highest BCUT2D eigenvalue weighted by molar-refractivity contribution is 5.22. The van der Waals surface area contributed by atoms with Crippen molar-refractivity contribution in [2.75, 3.05) is 7.05 Å². The maximum atomic E-state index is 12.0. The summed E-state index contributed by atoms with van der Waals surface area (Å²) in [5, 5.41) is 4.50. The molecule has 2 aromatic rings. The predicted octanol–water partition coefficient (Wildman–Crippen LogP) is 1.82. The molecule has 0 atom stereocenters. The third-order valence-electron chi connectivity index (χ3n) is 3.69. The molecule has 20 heavy (non-hydrogen) atoms. The minimum atomic E-state index is 0.00515. The fraction of sp³-hybridized carbons (Fsp3) is 0.375. The van der Waals surface area contributed by atoms with Crippen LogP contribution in [-0.4, -0.2) is 21.7 Å². The first-order valence-corrected chi connectivity index (χ1v) is 7.05. The molecule has 0 N–H and O–H groups in total. The lowest BCUT2D eigenvalue weighted by molar-refractivity contribution is 0.239. The van der Waals surface area contributed by atoms with Gasteiger partial charge in [-0.3, -0.25) is 9.69 Å². The molecule has 104 valence electrons. The topological polar surface area (TPSA) is 38.1 Å². The van der Waals surface area contributed by atoms with E-state index in [1.165, 1.54) is 5.56 Å². The van der Waals surface area contributed by atoms with Crippen molar-refractivity contribution < 1.29 is 0 Å². The molecular formula is C16H19N3O. The summed E-state index contributed by atoms with van der Waals surface area (Å²) >= 11 is 0. The minimum absolute atomic E-state index is 0.00515. The smallest absolute Gasteiger partial charge is 0.268 e. The van der Waals surface area contributed by atoms with Crippen molar-refractivity contribution in [3.63, 3.8) is 0 Å². The second-order valence-electron chi connectivity index (χ2n) is 5.45. The number of aromatic nitrogens is 2. The number of hydrogen-bond acceptors (Lipinski definition) is 3. The van der Waals surface area contributed by atoms with Crippen LogP contribution in [0.4, 0.5) is 0 Å². The molecule has 1 heterocycles. The highest BCUT2D eigenvalue weighted by Crippen LogP contribution is 2.17. The van der Waals surface area contributed by atoms with Crippen molar-refractivity contribution in [3.8, 4) is 0 Å². The third-order valence-corrected chi connectivity index (χ3v) is 3.69. The van der Waals surface area contributed by atoms with Crippen molar-refractivity contribution in [3.05, 3.63) is 63.6 Å². The molecule has 0 spiro atoms. The van der Waals surface area contributed by atoms with Crippen LogP contribution in [0.5, 0.6) is 0 Å². The summed E-state index contributed by atoms with van der Waals surface area (Å²) in [6.45, 7) is 1.34. The van der Waals surface area contributed by atoms with Gasteiger partial charge < -0.3 is 0 Å². The average molecular weight is 269 g/mol. The molecular weight excluding hydrogens is 250 g/mol. The lowest BCUT2D eigenvalue weighted by Gasteiger charge is -2.17. The minimum Gasteiger partial charge on any atom is -0.283 e. The number of benzene rings is 1. The van der Waals surface area contributed by atoms with Crippen LogP contribution in [0.2, 0.25) is 0 Å². The fourth-order valence-corrected chi connectivity index (χ4v) is 2.71. The molecule has 0 unspecified atom stereocenters. The zero-order valence-electron chi connectivity index (χ0n) is 11.7. The van der Waals surface area contributed by atoms with Crippen LogP contribution >= 0.6 is 0 Å². The molecule has 1 aromatic carbocycles. The Balaban J connectivity index is 1.73. The van der Waals surface area contributed by atoms with Crippen LogP contribution in [0.15, 0.2) is 41.2 Å².